The topological polar surface area (TPSA) is 125 Å². The van der Waals surface area contributed by atoms with Crippen molar-refractivity contribution in [3.63, 3.8) is 0 Å². The van der Waals surface area contributed by atoms with Crippen LogP contribution in [0.2, 0.25) is 0 Å². The molecule has 10 heteroatoms. The maximum atomic E-state index is 12.3. The summed E-state index contributed by atoms with van der Waals surface area (Å²) in [5.74, 6) is -1.15. The fourth-order valence-corrected chi connectivity index (χ4v) is 3.12. The first-order valence-corrected chi connectivity index (χ1v) is 9.26. The Kier molecular flexibility index (Phi) is 7.44. The zero-order valence-electron chi connectivity index (χ0n) is 15.4. The molecule has 9 nitrogen and oxygen atoms in total. The van der Waals surface area contributed by atoms with E-state index in [-0.39, 0.29) is 18.1 Å². The van der Waals surface area contributed by atoms with E-state index in [1.807, 2.05) is 0 Å². The number of carbonyl (C=O) groups is 4. The van der Waals surface area contributed by atoms with Crippen LogP contribution in [0.1, 0.15) is 19.4 Å². The highest BCUT2D eigenvalue weighted by molar-refractivity contribution is 8.18. The van der Waals surface area contributed by atoms with Crippen LogP contribution in [0.3, 0.4) is 0 Å². The third kappa shape index (κ3) is 5.49. The molecular weight excluding hydrogens is 388 g/mol. The van der Waals surface area contributed by atoms with Crippen LogP contribution in [0.4, 0.5) is 4.79 Å². The Hall–Kier alpha value is -3.01. The zero-order valence-corrected chi connectivity index (χ0v) is 16.2. The average Bonchev–Trinajstić information content (AvgIpc) is 2.88. The summed E-state index contributed by atoms with van der Waals surface area (Å²) >= 11 is 0.719. The molecule has 0 atom stereocenters. The average molecular weight is 408 g/mol. The molecule has 0 aliphatic carbocycles. The number of carbonyl (C=O) groups excluding carboxylic acids is 4. The van der Waals surface area contributed by atoms with Gasteiger partial charge in [-0.2, -0.15) is 0 Å². The Bertz CT molecular complexity index is 822. The number of imide groups is 1. The summed E-state index contributed by atoms with van der Waals surface area (Å²) in [5, 5.41) is -0.561. The highest BCUT2D eigenvalue weighted by Crippen LogP contribution is 2.34. The van der Waals surface area contributed by atoms with Crippen LogP contribution >= 0.6 is 11.8 Å². The molecule has 0 bridgehead atoms. The van der Waals surface area contributed by atoms with Gasteiger partial charge < -0.3 is 19.9 Å². The molecule has 2 N–H and O–H groups in total. The van der Waals surface area contributed by atoms with Crippen molar-refractivity contribution in [2.45, 2.75) is 13.8 Å². The number of rotatable bonds is 9. The number of thioether (sulfide) groups is 1. The highest BCUT2D eigenvalue weighted by Gasteiger charge is 2.35. The Labute approximate surface area is 165 Å². The van der Waals surface area contributed by atoms with Crippen molar-refractivity contribution < 1.29 is 33.4 Å². The Morgan fingerprint density at radius 1 is 1.14 bits per heavy atom. The van der Waals surface area contributed by atoms with Crippen LogP contribution in [0.5, 0.6) is 11.5 Å². The van der Waals surface area contributed by atoms with Crippen LogP contribution in [0.15, 0.2) is 23.1 Å². The standard InChI is InChI=1S/C18H20N2O7S/c1-3-25-13-7-11(5-6-12(13)27-10-16(22)26-4-2)8-14-17(23)20(9-15(19)21)18(24)28-14/h5-8H,3-4,9-10H2,1-2H3,(H2,19,21)/b14-8-. The second-order valence-electron chi connectivity index (χ2n) is 5.47. The molecule has 1 heterocycles. The fraction of sp³-hybridized carbons (Fsp3) is 0.333. The molecule has 28 heavy (non-hydrogen) atoms. The monoisotopic (exact) mass is 408 g/mol. The van der Waals surface area contributed by atoms with Gasteiger partial charge in [-0.05, 0) is 49.4 Å². The lowest BCUT2D eigenvalue weighted by Gasteiger charge is -2.12. The SMILES string of the molecule is CCOC(=O)COc1ccc(/C=C2\SC(=O)N(CC(N)=O)C2=O)cc1OCC. The first-order valence-electron chi connectivity index (χ1n) is 8.44. The lowest BCUT2D eigenvalue weighted by Crippen LogP contribution is -2.36. The van der Waals surface area contributed by atoms with E-state index in [4.69, 9.17) is 19.9 Å². The van der Waals surface area contributed by atoms with Gasteiger partial charge in [0, 0.05) is 0 Å². The number of hydrogen-bond acceptors (Lipinski definition) is 8. The van der Waals surface area contributed by atoms with E-state index in [1.165, 1.54) is 6.08 Å². The van der Waals surface area contributed by atoms with Crippen molar-refractivity contribution in [1.29, 1.82) is 0 Å². The summed E-state index contributed by atoms with van der Waals surface area (Å²) in [6.45, 7) is 3.37. The molecular formula is C18H20N2O7S. The lowest BCUT2D eigenvalue weighted by atomic mass is 10.2. The maximum absolute atomic E-state index is 12.3. The molecule has 0 spiro atoms. The Morgan fingerprint density at radius 3 is 2.54 bits per heavy atom. The first kappa shape index (κ1) is 21.3. The third-order valence-corrected chi connectivity index (χ3v) is 4.31. The van der Waals surface area contributed by atoms with Crippen LogP contribution in [-0.2, 0) is 19.1 Å². The van der Waals surface area contributed by atoms with E-state index >= 15 is 0 Å². The van der Waals surface area contributed by atoms with Gasteiger partial charge in [-0.15, -0.1) is 0 Å². The molecule has 3 amide bonds. The van der Waals surface area contributed by atoms with E-state index < -0.39 is 29.6 Å². The third-order valence-electron chi connectivity index (χ3n) is 3.40. The van der Waals surface area contributed by atoms with Gasteiger partial charge in [0.05, 0.1) is 18.1 Å². The number of hydrogen-bond donors (Lipinski definition) is 1. The van der Waals surface area contributed by atoms with E-state index in [0.29, 0.717) is 23.7 Å². The number of nitrogens with zero attached hydrogens (tertiary/aromatic N) is 1. The van der Waals surface area contributed by atoms with Crippen LogP contribution in [-0.4, -0.2) is 54.3 Å². The van der Waals surface area contributed by atoms with Crippen molar-refractivity contribution in [2.24, 2.45) is 5.73 Å². The second kappa shape index (κ2) is 9.79. The van der Waals surface area contributed by atoms with E-state index in [1.54, 1.807) is 32.0 Å². The molecule has 0 aromatic heterocycles. The molecule has 1 aliphatic rings. The van der Waals surface area contributed by atoms with Gasteiger partial charge in [0.15, 0.2) is 18.1 Å². The van der Waals surface area contributed by atoms with Crippen molar-refractivity contribution in [3.05, 3.63) is 28.7 Å². The summed E-state index contributed by atoms with van der Waals surface area (Å²) in [6.07, 6.45) is 1.50. The smallest absolute Gasteiger partial charge is 0.344 e. The van der Waals surface area contributed by atoms with E-state index in [0.717, 1.165) is 16.7 Å². The molecule has 0 radical (unpaired) electrons. The van der Waals surface area contributed by atoms with Gasteiger partial charge in [0.25, 0.3) is 11.1 Å². The molecule has 0 unspecified atom stereocenters. The molecule has 2 rings (SSSR count). The molecule has 1 aliphatic heterocycles. The Balaban J connectivity index is 2.20. The largest absolute Gasteiger partial charge is 0.490 e. The van der Waals surface area contributed by atoms with Crippen molar-refractivity contribution in [3.8, 4) is 11.5 Å². The number of esters is 1. The number of amides is 3. The Morgan fingerprint density at radius 2 is 1.89 bits per heavy atom. The van der Waals surface area contributed by atoms with Gasteiger partial charge in [0.2, 0.25) is 5.91 Å². The molecule has 150 valence electrons. The summed E-state index contributed by atoms with van der Waals surface area (Å²) in [6, 6.07) is 4.85. The van der Waals surface area contributed by atoms with Crippen molar-refractivity contribution in [1.82, 2.24) is 4.90 Å². The minimum atomic E-state index is -0.773. The maximum Gasteiger partial charge on any atom is 0.344 e. The second-order valence-corrected chi connectivity index (χ2v) is 6.46. The molecule has 1 saturated heterocycles. The van der Waals surface area contributed by atoms with Crippen LogP contribution in [0.25, 0.3) is 6.08 Å². The molecule has 1 aromatic rings. The summed E-state index contributed by atoms with van der Waals surface area (Å²) in [5.41, 5.74) is 5.64. The molecule has 1 aromatic carbocycles. The summed E-state index contributed by atoms with van der Waals surface area (Å²) in [4.78, 5) is 47.6. The minimum Gasteiger partial charge on any atom is -0.490 e. The molecule has 0 saturated carbocycles. The normalized spacial score (nSPS) is 15.1. The van der Waals surface area contributed by atoms with E-state index in [9.17, 15) is 19.2 Å². The van der Waals surface area contributed by atoms with Crippen molar-refractivity contribution in [2.75, 3.05) is 26.4 Å². The number of ether oxygens (including phenoxy) is 3. The van der Waals surface area contributed by atoms with Crippen LogP contribution in [0, 0.1) is 0 Å². The van der Waals surface area contributed by atoms with Gasteiger partial charge in [-0.3, -0.25) is 19.3 Å². The zero-order chi connectivity index (χ0) is 20.7. The van der Waals surface area contributed by atoms with Gasteiger partial charge in [-0.1, -0.05) is 6.07 Å². The predicted molar refractivity (Wildman–Crippen MR) is 102 cm³/mol. The van der Waals surface area contributed by atoms with Crippen molar-refractivity contribution >= 4 is 40.9 Å². The summed E-state index contributed by atoms with van der Waals surface area (Å²) < 4.78 is 15.8. The van der Waals surface area contributed by atoms with E-state index in [2.05, 4.69) is 0 Å². The highest BCUT2D eigenvalue weighted by atomic mass is 32.2. The van der Waals surface area contributed by atoms with Gasteiger partial charge >= 0.3 is 5.97 Å². The number of benzene rings is 1. The van der Waals surface area contributed by atoms with Gasteiger partial charge in [-0.25, -0.2) is 4.79 Å². The minimum absolute atomic E-state index is 0.161. The quantitative estimate of drug-likeness (QED) is 0.482. The molecule has 1 fully saturated rings. The van der Waals surface area contributed by atoms with Gasteiger partial charge in [0.1, 0.15) is 6.54 Å². The van der Waals surface area contributed by atoms with Crippen LogP contribution < -0.4 is 15.2 Å². The predicted octanol–water partition coefficient (Wildman–Crippen LogP) is 1.55. The lowest BCUT2D eigenvalue weighted by molar-refractivity contribution is -0.145. The number of primary amides is 1. The first-order chi connectivity index (χ1) is 13.3. The fourth-order valence-electron chi connectivity index (χ4n) is 2.28. The summed E-state index contributed by atoms with van der Waals surface area (Å²) in [7, 11) is 0. The number of nitrogens with two attached hydrogens (primary N) is 1.